The summed E-state index contributed by atoms with van der Waals surface area (Å²) in [6, 6.07) is 38.3. The molecule has 2 fully saturated rings. The zero-order valence-corrected chi connectivity index (χ0v) is 51.0. The number of likely N-dealkylation sites (tertiary alicyclic amines) is 2. The summed E-state index contributed by atoms with van der Waals surface area (Å²) in [4.78, 5) is 98.3. The molecule has 0 unspecified atom stereocenters. The van der Waals surface area contributed by atoms with Crippen molar-refractivity contribution in [2.24, 2.45) is 10.8 Å². The van der Waals surface area contributed by atoms with Crippen LogP contribution in [0.1, 0.15) is 111 Å². The Morgan fingerprint density at radius 3 is 1.12 bits per heavy atom. The van der Waals surface area contributed by atoms with Crippen molar-refractivity contribution in [2.45, 2.75) is 117 Å². The number of likely N-dealkylation sites (N-methyl/N-ethyl adjacent to an activating group) is 2. The standard InChI is InChI=1S/C66H76N10O6S2/c1-39(67-9)57(77)73-55(65(3,4)5)63(81)75-35-49(33-53(75)61-71-51(37-83-61)45-25-21-43(22-26-45)41-17-13-11-14-18-41)69-59(79)47-29-31-48(32-30-47)60(80)70-50-34-54(76(36-50)64(82)56(66(6,7)8)74-58(78)40(2)68-10)62-72-52(38-84-62)46-27-23-44(24-28-46)42-19-15-12-16-20-42/h11-32,37-40,49-50,53-56,67-68H,33-36H2,1-10H3,(H,69,79)(H,70,80)(H,73,77)(H,74,78)/t39-,40-,49-,50-,53-,54-,55+,56+/m0/s1. The Morgan fingerprint density at radius 1 is 0.476 bits per heavy atom. The van der Waals surface area contributed by atoms with Gasteiger partial charge in [0.25, 0.3) is 11.8 Å². The van der Waals surface area contributed by atoms with Crippen molar-refractivity contribution in [3.8, 4) is 44.8 Å². The van der Waals surface area contributed by atoms with E-state index in [1.54, 1.807) is 62.0 Å². The molecule has 18 heteroatoms. The Hall–Kier alpha value is -7.90. The van der Waals surface area contributed by atoms with Gasteiger partial charge in [-0.1, -0.05) is 151 Å². The van der Waals surface area contributed by atoms with E-state index in [2.05, 4.69) is 80.4 Å². The molecular formula is C66H76N10O6S2. The number of hydrogen-bond donors (Lipinski definition) is 6. The predicted molar refractivity (Wildman–Crippen MR) is 333 cm³/mol. The SMILES string of the molecule is CN[C@@H](C)C(=O)N[C@H](C(=O)N1C[C@@H](NC(=O)c2ccc(C(=O)N[C@H]3C[C@@H](c4nc(-c5ccc(-c6ccccc6)cc5)cs4)N(C(=O)[C@@H](NC(=O)[C@H](C)NC)C(C)(C)C)C3)cc2)C[C@H]1c1nc(-c2ccc(-c3ccccc3)cc2)cs1)C(C)(C)C. The van der Waals surface area contributed by atoms with Gasteiger partial charge in [-0.05, 0) is 98.1 Å². The van der Waals surface area contributed by atoms with Gasteiger partial charge in [0.1, 0.15) is 22.1 Å². The van der Waals surface area contributed by atoms with Gasteiger partial charge in [0.2, 0.25) is 23.6 Å². The van der Waals surface area contributed by atoms with Crippen LogP contribution < -0.4 is 31.9 Å². The highest BCUT2D eigenvalue weighted by Crippen LogP contribution is 2.40. The van der Waals surface area contributed by atoms with Crippen molar-refractivity contribution in [3.63, 3.8) is 0 Å². The number of benzene rings is 5. The molecule has 0 bridgehead atoms. The van der Waals surface area contributed by atoms with Gasteiger partial charge in [-0.2, -0.15) is 0 Å². The van der Waals surface area contributed by atoms with E-state index in [0.29, 0.717) is 34.0 Å². The number of aromatic nitrogens is 2. The second-order valence-corrected chi connectivity index (χ2v) is 25.8. The Morgan fingerprint density at radius 2 is 0.798 bits per heavy atom. The first-order valence-electron chi connectivity index (χ1n) is 28.6. The van der Waals surface area contributed by atoms with E-state index in [1.807, 2.05) is 113 Å². The van der Waals surface area contributed by atoms with E-state index in [-0.39, 0.29) is 48.5 Å². The summed E-state index contributed by atoms with van der Waals surface area (Å²) in [5.74, 6) is -1.92. The van der Waals surface area contributed by atoms with Gasteiger partial charge in [0.15, 0.2) is 0 Å². The fourth-order valence-electron chi connectivity index (χ4n) is 10.6. The molecule has 84 heavy (non-hydrogen) atoms. The lowest BCUT2D eigenvalue weighted by Crippen LogP contribution is -2.57. The highest BCUT2D eigenvalue weighted by Gasteiger charge is 2.46. The number of carbonyl (C=O) groups excluding carboxylic acids is 6. The maximum Gasteiger partial charge on any atom is 0.251 e. The van der Waals surface area contributed by atoms with E-state index >= 15 is 0 Å². The molecule has 6 N–H and O–H groups in total. The van der Waals surface area contributed by atoms with Gasteiger partial charge in [-0.3, -0.25) is 28.8 Å². The molecule has 2 aliphatic heterocycles. The third kappa shape index (κ3) is 14.0. The minimum Gasteiger partial charge on any atom is -0.347 e. The van der Waals surface area contributed by atoms with Gasteiger partial charge in [-0.25, -0.2) is 9.97 Å². The molecule has 5 aromatic carbocycles. The topological polar surface area (TPSA) is 207 Å². The monoisotopic (exact) mass is 1170 g/mol. The maximum absolute atomic E-state index is 14.9. The van der Waals surface area contributed by atoms with Gasteiger partial charge in [-0.15, -0.1) is 22.7 Å². The van der Waals surface area contributed by atoms with Crippen LogP contribution in [0.25, 0.3) is 44.8 Å². The van der Waals surface area contributed by atoms with E-state index in [1.165, 1.54) is 22.7 Å². The van der Waals surface area contributed by atoms with Crippen molar-refractivity contribution in [1.29, 1.82) is 0 Å². The molecule has 438 valence electrons. The molecule has 0 saturated carbocycles. The number of amides is 6. The summed E-state index contributed by atoms with van der Waals surface area (Å²) >= 11 is 2.90. The van der Waals surface area contributed by atoms with Crippen molar-refractivity contribution in [2.75, 3.05) is 27.2 Å². The zero-order chi connectivity index (χ0) is 60.0. The summed E-state index contributed by atoms with van der Waals surface area (Å²) in [6.07, 6.45) is 0.749. The average molecular weight is 1170 g/mol. The summed E-state index contributed by atoms with van der Waals surface area (Å²) in [5.41, 5.74) is 7.10. The number of hydrogen-bond acceptors (Lipinski definition) is 12. The first kappa shape index (κ1) is 60.7. The lowest BCUT2D eigenvalue weighted by molar-refractivity contribution is -0.140. The molecule has 9 rings (SSSR count). The lowest BCUT2D eigenvalue weighted by atomic mass is 9.85. The molecule has 0 spiro atoms. The van der Waals surface area contributed by atoms with Crippen molar-refractivity contribution in [3.05, 3.63) is 165 Å². The number of carbonyl (C=O) groups is 6. The first-order valence-corrected chi connectivity index (χ1v) is 30.4. The Kier molecular flexibility index (Phi) is 18.7. The second kappa shape index (κ2) is 25.9. The van der Waals surface area contributed by atoms with E-state index in [0.717, 1.165) is 44.8 Å². The normalized spacial score (nSPS) is 18.5. The summed E-state index contributed by atoms with van der Waals surface area (Å²) in [7, 11) is 3.38. The van der Waals surface area contributed by atoms with Gasteiger partial charge in [0, 0.05) is 58.2 Å². The Labute approximate surface area is 500 Å². The highest BCUT2D eigenvalue weighted by molar-refractivity contribution is 7.10. The van der Waals surface area contributed by atoms with Crippen LogP contribution in [-0.4, -0.2) is 119 Å². The molecule has 0 aliphatic carbocycles. The molecule has 16 nitrogen and oxygen atoms in total. The third-order valence-corrected chi connectivity index (χ3v) is 17.8. The maximum atomic E-state index is 14.9. The molecule has 0 radical (unpaired) electrons. The van der Waals surface area contributed by atoms with Crippen LogP contribution in [0.15, 0.2) is 144 Å². The molecule has 4 heterocycles. The van der Waals surface area contributed by atoms with Crippen LogP contribution in [0.3, 0.4) is 0 Å². The van der Waals surface area contributed by atoms with Gasteiger partial charge < -0.3 is 41.7 Å². The second-order valence-electron chi connectivity index (χ2n) is 24.1. The number of nitrogens with one attached hydrogen (secondary N) is 6. The minimum atomic E-state index is -0.880. The van der Waals surface area contributed by atoms with Crippen molar-refractivity contribution in [1.82, 2.24) is 51.7 Å². The van der Waals surface area contributed by atoms with Crippen LogP contribution in [0.4, 0.5) is 0 Å². The minimum absolute atomic E-state index is 0.171. The smallest absolute Gasteiger partial charge is 0.251 e. The van der Waals surface area contributed by atoms with Crippen LogP contribution in [0.5, 0.6) is 0 Å². The Bertz CT molecular complexity index is 3220. The zero-order valence-electron chi connectivity index (χ0n) is 49.4. The van der Waals surface area contributed by atoms with Crippen LogP contribution >= 0.6 is 22.7 Å². The van der Waals surface area contributed by atoms with Crippen molar-refractivity contribution >= 4 is 58.1 Å². The number of thiazole rings is 2. The van der Waals surface area contributed by atoms with E-state index in [4.69, 9.17) is 9.97 Å². The Balaban J connectivity index is 0.910. The van der Waals surface area contributed by atoms with Crippen LogP contribution in [-0.2, 0) is 19.2 Å². The molecule has 7 aromatic rings. The quantitative estimate of drug-likeness (QED) is 0.0480. The molecular weight excluding hydrogens is 1090 g/mol. The highest BCUT2D eigenvalue weighted by atomic mass is 32.1. The first-order chi connectivity index (χ1) is 40.1. The fraction of sp³-hybridized carbons (Fsp3) is 0.364. The van der Waals surface area contributed by atoms with Gasteiger partial charge in [0.05, 0.1) is 35.6 Å². The molecule has 6 amide bonds. The third-order valence-electron chi connectivity index (χ3n) is 15.9. The molecule has 2 aromatic heterocycles. The predicted octanol–water partition coefficient (Wildman–Crippen LogP) is 9.69. The van der Waals surface area contributed by atoms with E-state index < -0.39 is 59.2 Å². The number of nitrogens with zero attached hydrogens (tertiary/aromatic N) is 4. The van der Waals surface area contributed by atoms with Crippen LogP contribution in [0.2, 0.25) is 0 Å². The number of rotatable bonds is 18. The molecule has 8 atom stereocenters. The summed E-state index contributed by atoms with van der Waals surface area (Å²) < 4.78 is 0. The fourth-order valence-corrected chi connectivity index (χ4v) is 12.6. The lowest BCUT2D eigenvalue weighted by Gasteiger charge is -2.36. The van der Waals surface area contributed by atoms with Crippen LogP contribution in [0, 0.1) is 10.8 Å². The van der Waals surface area contributed by atoms with Crippen molar-refractivity contribution < 1.29 is 28.8 Å². The van der Waals surface area contributed by atoms with E-state index in [9.17, 15) is 28.8 Å². The average Bonchev–Trinajstić information content (AvgIpc) is 2.34. The summed E-state index contributed by atoms with van der Waals surface area (Å²) in [6.45, 7) is 15.3. The molecule has 2 aliphatic rings. The van der Waals surface area contributed by atoms with Gasteiger partial charge >= 0.3 is 0 Å². The molecule has 2 saturated heterocycles. The summed E-state index contributed by atoms with van der Waals surface area (Å²) in [5, 5.41) is 23.7. The largest absolute Gasteiger partial charge is 0.347 e.